The Bertz CT molecular complexity index is 441. The van der Waals surface area contributed by atoms with Gasteiger partial charge in [0, 0.05) is 12.7 Å². The molecule has 1 N–H and O–H groups in total. The Labute approximate surface area is 110 Å². The highest BCUT2D eigenvalue weighted by molar-refractivity contribution is 5.08. The monoisotopic (exact) mass is 274 g/mol. The van der Waals surface area contributed by atoms with Crippen LogP contribution in [0.1, 0.15) is 31.7 Å². The highest BCUT2D eigenvalue weighted by Crippen LogP contribution is 2.28. The highest BCUT2D eigenvalue weighted by atomic mass is 19.4. The number of alkyl halides is 3. The molecule has 0 aliphatic rings. The van der Waals surface area contributed by atoms with E-state index < -0.39 is 17.3 Å². The lowest BCUT2D eigenvalue weighted by Crippen LogP contribution is -2.40. The summed E-state index contributed by atoms with van der Waals surface area (Å²) in [5, 5.41) is 15.7. The molecule has 1 unspecified atom stereocenters. The van der Waals surface area contributed by atoms with Gasteiger partial charge in [0.05, 0.1) is 17.8 Å². The first-order valence-corrected chi connectivity index (χ1v) is 6.06. The zero-order valence-electron chi connectivity index (χ0n) is 11.0. The maximum absolute atomic E-state index is 12.4. The van der Waals surface area contributed by atoms with Crippen molar-refractivity contribution < 1.29 is 13.2 Å². The first-order chi connectivity index (χ1) is 8.87. The van der Waals surface area contributed by atoms with Crippen LogP contribution in [0.15, 0.2) is 12.4 Å². The van der Waals surface area contributed by atoms with Gasteiger partial charge in [0.25, 0.3) is 0 Å². The van der Waals surface area contributed by atoms with Gasteiger partial charge in [-0.1, -0.05) is 6.92 Å². The summed E-state index contributed by atoms with van der Waals surface area (Å²) in [5.74, 6) is 0. The van der Waals surface area contributed by atoms with E-state index in [-0.39, 0.29) is 0 Å². The second-order valence-electron chi connectivity index (χ2n) is 4.39. The van der Waals surface area contributed by atoms with E-state index >= 15 is 0 Å². The van der Waals surface area contributed by atoms with Gasteiger partial charge in [-0.15, -0.1) is 0 Å². The molecule has 1 aromatic rings. The molecule has 0 fully saturated rings. The van der Waals surface area contributed by atoms with Crippen molar-refractivity contribution in [2.24, 2.45) is 0 Å². The molecule has 106 valence electrons. The smallest absolute Gasteiger partial charge is 0.302 e. The normalized spacial score (nSPS) is 14.9. The summed E-state index contributed by atoms with van der Waals surface area (Å²) in [6.07, 6.45) is -0.760. The van der Waals surface area contributed by atoms with Crippen molar-refractivity contribution in [3.8, 4) is 6.07 Å². The molecular formula is C12H17F3N4. The fourth-order valence-electron chi connectivity index (χ4n) is 1.84. The quantitative estimate of drug-likeness (QED) is 0.867. The molecule has 0 saturated heterocycles. The van der Waals surface area contributed by atoms with Gasteiger partial charge in [-0.05, 0) is 26.3 Å². The molecule has 0 aromatic carbocycles. The average molecular weight is 274 g/mol. The molecule has 1 aromatic heterocycles. The van der Waals surface area contributed by atoms with Gasteiger partial charge in [0.15, 0.2) is 0 Å². The number of nitriles is 1. The lowest BCUT2D eigenvalue weighted by Gasteiger charge is -2.24. The van der Waals surface area contributed by atoms with E-state index in [2.05, 4.69) is 16.5 Å². The second-order valence-corrected chi connectivity index (χ2v) is 4.39. The van der Waals surface area contributed by atoms with Crippen LogP contribution in [0, 0.1) is 11.3 Å². The molecule has 0 radical (unpaired) electrons. The van der Waals surface area contributed by atoms with Crippen LogP contribution >= 0.6 is 0 Å². The van der Waals surface area contributed by atoms with E-state index in [1.807, 2.05) is 6.92 Å². The lowest BCUT2D eigenvalue weighted by molar-refractivity contribution is -0.137. The minimum Gasteiger partial charge on any atom is -0.302 e. The standard InChI is InChI=1S/C12H17F3N4/c1-3-11(9-16,17-2)5-4-6-19-8-10(7-18-19)12(13,14)15/h7-8,17H,3-6H2,1-2H3. The zero-order valence-corrected chi connectivity index (χ0v) is 11.0. The van der Waals surface area contributed by atoms with Crippen LogP contribution in [0.3, 0.4) is 0 Å². The summed E-state index contributed by atoms with van der Waals surface area (Å²) < 4.78 is 38.4. The van der Waals surface area contributed by atoms with E-state index in [9.17, 15) is 13.2 Å². The number of aromatic nitrogens is 2. The van der Waals surface area contributed by atoms with Crippen LogP contribution in [-0.2, 0) is 12.7 Å². The maximum atomic E-state index is 12.4. The average Bonchev–Trinajstić information content (AvgIpc) is 2.84. The van der Waals surface area contributed by atoms with Gasteiger partial charge < -0.3 is 5.32 Å². The number of aryl methyl sites for hydroxylation is 1. The number of hydrogen-bond donors (Lipinski definition) is 1. The summed E-state index contributed by atoms with van der Waals surface area (Å²) >= 11 is 0. The zero-order chi connectivity index (χ0) is 14.5. The van der Waals surface area contributed by atoms with Crippen LogP contribution in [-0.4, -0.2) is 22.4 Å². The Morgan fingerprint density at radius 3 is 2.58 bits per heavy atom. The predicted octanol–water partition coefficient (Wildman–Crippen LogP) is 2.57. The summed E-state index contributed by atoms with van der Waals surface area (Å²) in [6.45, 7) is 2.26. The molecule has 1 rings (SSSR count). The topological polar surface area (TPSA) is 53.6 Å². The number of rotatable bonds is 6. The maximum Gasteiger partial charge on any atom is 0.419 e. The first kappa shape index (κ1) is 15.5. The fraction of sp³-hybridized carbons (Fsp3) is 0.667. The Hall–Kier alpha value is -1.55. The third-order valence-electron chi connectivity index (χ3n) is 3.25. The number of hydrogen-bond acceptors (Lipinski definition) is 3. The molecule has 0 aliphatic carbocycles. The SMILES string of the molecule is CCC(C#N)(CCCn1cc(C(F)(F)F)cn1)NC. The van der Waals surface area contributed by atoms with Crippen molar-refractivity contribution in [2.45, 2.75) is 44.4 Å². The number of halogens is 3. The third-order valence-corrected chi connectivity index (χ3v) is 3.25. The van der Waals surface area contributed by atoms with E-state index in [1.165, 1.54) is 4.68 Å². The summed E-state index contributed by atoms with van der Waals surface area (Å²) in [5.41, 5.74) is -1.36. The summed E-state index contributed by atoms with van der Waals surface area (Å²) in [4.78, 5) is 0. The van der Waals surface area contributed by atoms with Crippen molar-refractivity contribution in [1.29, 1.82) is 5.26 Å². The third kappa shape index (κ3) is 3.96. The molecule has 0 aliphatic heterocycles. The van der Waals surface area contributed by atoms with Crippen molar-refractivity contribution in [3.63, 3.8) is 0 Å². The molecule has 0 amide bonds. The fourth-order valence-corrected chi connectivity index (χ4v) is 1.84. The van der Waals surface area contributed by atoms with Gasteiger partial charge in [-0.2, -0.15) is 23.5 Å². The first-order valence-electron chi connectivity index (χ1n) is 6.06. The molecule has 0 bridgehead atoms. The molecule has 19 heavy (non-hydrogen) atoms. The van der Waals surface area contributed by atoms with E-state index in [0.29, 0.717) is 25.8 Å². The molecule has 0 saturated carbocycles. The Kier molecular flexibility index (Phi) is 4.95. The lowest BCUT2D eigenvalue weighted by atomic mass is 9.92. The predicted molar refractivity (Wildman–Crippen MR) is 64.2 cm³/mol. The van der Waals surface area contributed by atoms with Gasteiger partial charge in [-0.25, -0.2) is 0 Å². The van der Waals surface area contributed by atoms with Gasteiger partial charge in [0.1, 0.15) is 5.54 Å². The Morgan fingerprint density at radius 2 is 2.16 bits per heavy atom. The Balaban J connectivity index is 2.55. The van der Waals surface area contributed by atoms with Gasteiger partial charge in [0.2, 0.25) is 0 Å². The molecule has 1 heterocycles. The minimum atomic E-state index is -4.36. The van der Waals surface area contributed by atoms with Crippen molar-refractivity contribution in [1.82, 2.24) is 15.1 Å². The molecule has 7 heteroatoms. The van der Waals surface area contributed by atoms with Crippen LogP contribution in [0.4, 0.5) is 13.2 Å². The van der Waals surface area contributed by atoms with Gasteiger partial charge in [-0.3, -0.25) is 4.68 Å². The van der Waals surface area contributed by atoms with Crippen LogP contribution in [0.5, 0.6) is 0 Å². The van der Waals surface area contributed by atoms with E-state index in [4.69, 9.17) is 5.26 Å². The van der Waals surface area contributed by atoms with E-state index in [0.717, 1.165) is 12.4 Å². The molecule has 1 atom stereocenters. The van der Waals surface area contributed by atoms with Crippen molar-refractivity contribution in [3.05, 3.63) is 18.0 Å². The van der Waals surface area contributed by atoms with Crippen LogP contribution < -0.4 is 5.32 Å². The summed E-state index contributed by atoms with van der Waals surface area (Å²) in [6, 6.07) is 2.21. The number of nitrogens with one attached hydrogen (secondary N) is 1. The van der Waals surface area contributed by atoms with Crippen LogP contribution in [0.2, 0.25) is 0 Å². The van der Waals surface area contributed by atoms with Crippen LogP contribution in [0.25, 0.3) is 0 Å². The second kappa shape index (κ2) is 6.06. The van der Waals surface area contributed by atoms with E-state index in [1.54, 1.807) is 7.05 Å². The Morgan fingerprint density at radius 1 is 1.47 bits per heavy atom. The summed E-state index contributed by atoms with van der Waals surface area (Å²) in [7, 11) is 1.71. The minimum absolute atomic E-state index is 0.362. The molecule has 4 nitrogen and oxygen atoms in total. The highest BCUT2D eigenvalue weighted by Gasteiger charge is 2.32. The van der Waals surface area contributed by atoms with Crippen molar-refractivity contribution in [2.75, 3.05) is 7.05 Å². The largest absolute Gasteiger partial charge is 0.419 e. The van der Waals surface area contributed by atoms with Gasteiger partial charge >= 0.3 is 6.18 Å². The molecule has 0 spiro atoms. The van der Waals surface area contributed by atoms with Crippen molar-refractivity contribution >= 4 is 0 Å². The molecular weight excluding hydrogens is 257 g/mol. The number of nitrogens with zero attached hydrogens (tertiary/aromatic N) is 3.